The lowest BCUT2D eigenvalue weighted by Crippen LogP contribution is -2.19. The van der Waals surface area contributed by atoms with Crippen molar-refractivity contribution in [1.82, 2.24) is 0 Å². The highest BCUT2D eigenvalue weighted by Gasteiger charge is 2.03. The average Bonchev–Trinajstić information content (AvgIpc) is 2.51. The van der Waals surface area contributed by atoms with Gasteiger partial charge in [-0.25, -0.2) is 9.90 Å². The standard InChI is InChI=1S/C17H18N3O3/c1-12(22)18-14-6-8-16(9-7-14)20-17(23)19-15-4-2-13(3-5-15)10-11-21/h2-9H,10-11H2,1H3,(H,18,22)(H2,19,20,23). The fourth-order valence-corrected chi connectivity index (χ4v) is 2.01. The van der Waals surface area contributed by atoms with Crippen LogP contribution in [0.2, 0.25) is 0 Å². The van der Waals surface area contributed by atoms with Crippen LogP contribution < -0.4 is 16.0 Å². The van der Waals surface area contributed by atoms with Gasteiger partial charge in [-0.15, -0.1) is 0 Å². The summed E-state index contributed by atoms with van der Waals surface area (Å²) in [5, 5.41) is 18.6. The van der Waals surface area contributed by atoms with Gasteiger partial charge in [0.05, 0.1) is 6.61 Å². The Hall–Kier alpha value is -2.86. The number of amides is 3. The number of hydrogen-bond donors (Lipinski definition) is 3. The Labute approximate surface area is 134 Å². The minimum atomic E-state index is -0.367. The molecule has 0 aliphatic heterocycles. The molecule has 2 aromatic rings. The number of nitrogens with one attached hydrogen (secondary N) is 3. The second kappa shape index (κ2) is 7.95. The van der Waals surface area contributed by atoms with E-state index in [4.69, 9.17) is 0 Å². The number of carbonyl (C=O) groups is 2. The van der Waals surface area contributed by atoms with Crippen LogP contribution in [0.15, 0.2) is 48.5 Å². The molecule has 2 aromatic carbocycles. The van der Waals surface area contributed by atoms with Gasteiger partial charge in [-0.05, 0) is 48.4 Å². The van der Waals surface area contributed by atoms with E-state index in [0.717, 1.165) is 5.56 Å². The summed E-state index contributed by atoms with van der Waals surface area (Å²) in [5.41, 5.74) is 2.86. The number of benzene rings is 2. The molecule has 0 aliphatic carbocycles. The molecule has 0 bridgehead atoms. The van der Waals surface area contributed by atoms with Crippen molar-refractivity contribution in [3.63, 3.8) is 0 Å². The van der Waals surface area contributed by atoms with Gasteiger partial charge in [0.25, 0.3) is 0 Å². The van der Waals surface area contributed by atoms with E-state index in [2.05, 4.69) is 16.0 Å². The highest BCUT2D eigenvalue weighted by atomic mass is 16.3. The highest BCUT2D eigenvalue weighted by Crippen LogP contribution is 2.15. The summed E-state index contributed by atoms with van der Waals surface area (Å²) < 4.78 is 0. The maximum absolute atomic E-state index is 11.9. The predicted octanol–water partition coefficient (Wildman–Crippen LogP) is 3.26. The Morgan fingerprint density at radius 2 is 1.22 bits per heavy atom. The lowest BCUT2D eigenvalue weighted by molar-refractivity contribution is -0.114. The van der Waals surface area contributed by atoms with E-state index in [1.165, 1.54) is 6.92 Å². The van der Waals surface area contributed by atoms with Crippen molar-refractivity contribution in [1.29, 1.82) is 0 Å². The predicted molar refractivity (Wildman–Crippen MR) is 89.1 cm³/mol. The molecule has 3 N–H and O–H groups in total. The lowest BCUT2D eigenvalue weighted by atomic mass is 10.1. The summed E-state index contributed by atoms with van der Waals surface area (Å²) in [7, 11) is 0. The summed E-state index contributed by atoms with van der Waals surface area (Å²) in [6.45, 7) is 1.28. The third-order valence-electron chi connectivity index (χ3n) is 3.07. The normalized spacial score (nSPS) is 10.0. The summed E-state index contributed by atoms with van der Waals surface area (Å²) in [6, 6.07) is 13.6. The van der Waals surface area contributed by atoms with Gasteiger partial charge in [0.15, 0.2) is 0 Å². The van der Waals surface area contributed by atoms with Crippen LogP contribution in [0, 0.1) is 0 Å². The largest absolute Gasteiger partial charge is 0.326 e. The van der Waals surface area contributed by atoms with Crippen LogP contribution in [-0.2, 0) is 16.3 Å². The van der Waals surface area contributed by atoms with Gasteiger partial charge in [0.1, 0.15) is 0 Å². The number of hydrogen-bond acceptors (Lipinski definition) is 2. The summed E-state index contributed by atoms with van der Waals surface area (Å²) in [4.78, 5) is 22.8. The first-order valence-electron chi connectivity index (χ1n) is 7.19. The monoisotopic (exact) mass is 312 g/mol. The molecular formula is C17H18N3O3. The van der Waals surface area contributed by atoms with Crippen LogP contribution >= 0.6 is 0 Å². The molecule has 0 atom stereocenters. The molecule has 6 heteroatoms. The van der Waals surface area contributed by atoms with Crippen molar-refractivity contribution >= 4 is 29.0 Å². The van der Waals surface area contributed by atoms with Gasteiger partial charge in [0.2, 0.25) is 5.91 Å². The van der Waals surface area contributed by atoms with Crippen LogP contribution in [0.1, 0.15) is 12.5 Å². The van der Waals surface area contributed by atoms with E-state index in [-0.39, 0.29) is 18.5 Å². The van der Waals surface area contributed by atoms with E-state index in [1.807, 2.05) is 12.1 Å². The maximum atomic E-state index is 11.9. The van der Waals surface area contributed by atoms with Gasteiger partial charge >= 0.3 is 6.03 Å². The first-order valence-corrected chi connectivity index (χ1v) is 7.19. The molecule has 0 unspecified atom stereocenters. The molecule has 2 rings (SSSR count). The van der Waals surface area contributed by atoms with Crippen molar-refractivity contribution in [3.05, 3.63) is 54.1 Å². The third-order valence-corrected chi connectivity index (χ3v) is 3.07. The number of anilines is 3. The van der Waals surface area contributed by atoms with E-state index >= 15 is 0 Å². The second-order valence-electron chi connectivity index (χ2n) is 4.99. The Morgan fingerprint density at radius 1 is 0.783 bits per heavy atom. The van der Waals surface area contributed by atoms with Crippen molar-refractivity contribution < 1.29 is 14.7 Å². The topological polar surface area (TPSA) is 90.1 Å². The molecule has 3 amide bonds. The smallest absolute Gasteiger partial charge is 0.323 e. The molecule has 6 nitrogen and oxygen atoms in total. The van der Waals surface area contributed by atoms with E-state index < -0.39 is 0 Å². The van der Waals surface area contributed by atoms with Gasteiger partial charge in [-0.2, -0.15) is 0 Å². The molecule has 119 valence electrons. The van der Waals surface area contributed by atoms with Crippen LogP contribution in [0.3, 0.4) is 0 Å². The van der Waals surface area contributed by atoms with Crippen molar-refractivity contribution in [2.45, 2.75) is 13.3 Å². The Kier molecular flexibility index (Phi) is 5.71. The highest BCUT2D eigenvalue weighted by molar-refractivity contribution is 6.00. The summed E-state index contributed by atoms with van der Waals surface area (Å²) >= 11 is 0. The second-order valence-corrected chi connectivity index (χ2v) is 4.99. The molecule has 0 spiro atoms. The van der Waals surface area contributed by atoms with Crippen LogP contribution in [-0.4, -0.2) is 18.5 Å². The molecular weight excluding hydrogens is 294 g/mol. The minimum Gasteiger partial charge on any atom is -0.326 e. The Balaban J connectivity index is 1.90. The van der Waals surface area contributed by atoms with Crippen LogP contribution in [0.5, 0.6) is 0 Å². The zero-order valence-electron chi connectivity index (χ0n) is 12.8. The van der Waals surface area contributed by atoms with Crippen LogP contribution in [0.25, 0.3) is 0 Å². The van der Waals surface area contributed by atoms with Crippen molar-refractivity contribution in [2.24, 2.45) is 0 Å². The summed E-state index contributed by atoms with van der Waals surface area (Å²) in [6.07, 6.45) is 0.479. The van der Waals surface area contributed by atoms with Gasteiger partial charge < -0.3 is 16.0 Å². The number of rotatable bonds is 5. The van der Waals surface area contributed by atoms with E-state index in [0.29, 0.717) is 23.5 Å². The van der Waals surface area contributed by atoms with E-state index in [1.54, 1.807) is 36.4 Å². The molecule has 0 saturated carbocycles. The number of carbonyl (C=O) groups excluding carboxylic acids is 2. The fraction of sp³-hybridized carbons (Fsp3) is 0.176. The molecule has 0 aliphatic rings. The van der Waals surface area contributed by atoms with Crippen molar-refractivity contribution in [3.8, 4) is 0 Å². The van der Waals surface area contributed by atoms with Gasteiger partial charge in [-0.1, -0.05) is 12.1 Å². The van der Waals surface area contributed by atoms with Gasteiger partial charge in [-0.3, -0.25) is 4.79 Å². The maximum Gasteiger partial charge on any atom is 0.323 e. The Bertz CT molecular complexity index is 666. The number of urea groups is 1. The summed E-state index contributed by atoms with van der Waals surface area (Å²) in [5.74, 6) is -0.149. The Morgan fingerprint density at radius 3 is 1.65 bits per heavy atom. The molecule has 0 saturated heterocycles. The minimum absolute atomic E-state index is 0.149. The molecule has 0 heterocycles. The van der Waals surface area contributed by atoms with Crippen LogP contribution in [0.4, 0.5) is 21.9 Å². The molecule has 23 heavy (non-hydrogen) atoms. The average molecular weight is 312 g/mol. The molecule has 0 aromatic heterocycles. The SMILES string of the molecule is CC(=O)Nc1ccc(NC(=O)Nc2ccc(CC[O])cc2)cc1. The first-order chi connectivity index (χ1) is 11.1. The zero-order valence-corrected chi connectivity index (χ0v) is 12.8. The molecule has 0 fully saturated rings. The van der Waals surface area contributed by atoms with E-state index in [9.17, 15) is 14.7 Å². The zero-order chi connectivity index (χ0) is 16.7. The quantitative estimate of drug-likeness (QED) is 0.791. The molecule has 1 radical (unpaired) electrons. The lowest BCUT2D eigenvalue weighted by Gasteiger charge is -2.09. The van der Waals surface area contributed by atoms with Crippen molar-refractivity contribution in [2.75, 3.05) is 22.6 Å². The van der Waals surface area contributed by atoms with Gasteiger partial charge in [0, 0.05) is 24.0 Å². The fourth-order valence-electron chi connectivity index (χ4n) is 2.01. The first kappa shape index (κ1) is 16.5. The third kappa shape index (κ3) is 5.44.